The van der Waals surface area contributed by atoms with Gasteiger partial charge >= 0.3 is 5.97 Å². The van der Waals surface area contributed by atoms with Crippen molar-refractivity contribution in [2.45, 2.75) is 40.0 Å². The number of carbonyl (C=O) groups is 1. The quantitative estimate of drug-likeness (QED) is 0.309. The number of ether oxygens (including phenoxy) is 3. The second-order valence-corrected chi connectivity index (χ2v) is 7.39. The minimum Gasteiger partial charge on any atom is -0.493 e. The average Bonchev–Trinajstić information content (AvgIpc) is 2.67. The second kappa shape index (κ2) is 10.5. The van der Waals surface area contributed by atoms with Crippen LogP contribution in [0.15, 0.2) is 48.5 Å². The summed E-state index contributed by atoms with van der Waals surface area (Å²) in [4.78, 5) is 12.2. The number of para-hydroxylation sites is 1. The molecule has 0 unspecified atom stereocenters. The first-order chi connectivity index (χ1) is 13.4. The normalized spacial score (nSPS) is 11.2. The monoisotopic (exact) mass is 382 g/mol. The summed E-state index contributed by atoms with van der Waals surface area (Å²) in [6.45, 7) is 9.10. The minimum absolute atomic E-state index is 0.278. The highest BCUT2D eigenvalue weighted by atomic mass is 16.5. The molecule has 0 aromatic heterocycles. The highest BCUT2D eigenvalue weighted by molar-refractivity contribution is 5.89. The van der Waals surface area contributed by atoms with E-state index in [1.165, 1.54) is 6.08 Å². The largest absolute Gasteiger partial charge is 0.493 e. The van der Waals surface area contributed by atoms with Crippen molar-refractivity contribution < 1.29 is 19.0 Å². The van der Waals surface area contributed by atoms with Crippen molar-refractivity contribution in [2.24, 2.45) is 5.92 Å². The van der Waals surface area contributed by atoms with Gasteiger partial charge in [-0.05, 0) is 53.7 Å². The number of methoxy groups -OCH3 is 1. The van der Waals surface area contributed by atoms with E-state index in [1.54, 1.807) is 13.2 Å². The number of carbonyl (C=O) groups excluding carboxylic acids is 1. The van der Waals surface area contributed by atoms with Crippen LogP contribution < -0.4 is 14.2 Å². The van der Waals surface area contributed by atoms with E-state index in [2.05, 4.69) is 27.7 Å². The van der Waals surface area contributed by atoms with Crippen LogP contribution in [-0.2, 0) is 4.79 Å². The van der Waals surface area contributed by atoms with Gasteiger partial charge in [-0.15, -0.1) is 0 Å². The Morgan fingerprint density at radius 3 is 2.43 bits per heavy atom. The van der Waals surface area contributed by atoms with E-state index < -0.39 is 5.97 Å². The van der Waals surface area contributed by atoms with E-state index in [0.717, 1.165) is 17.5 Å². The van der Waals surface area contributed by atoms with Gasteiger partial charge in [-0.3, -0.25) is 0 Å². The third-order valence-electron chi connectivity index (χ3n) is 4.30. The summed E-state index contributed by atoms with van der Waals surface area (Å²) >= 11 is 0. The Hall–Kier alpha value is -2.75. The second-order valence-electron chi connectivity index (χ2n) is 7.39. The van der Waals surface area contributed by atoms with E-state index in [1.807, 2.05) is 42.5 Å². The van der Waals surface area contributed by atoms with Crippen molar-refractivity contribution >= 4 is 12.0 Å². The molecule has 2 aromatic rings. The lowest BCUT2D eigenvalue weighted by Crippen LogP contribution is -2.06. The predicted molar refractivity (Wildman–Crippen MR) is 113 cm³/mol. The molecule has 0 spiro atoms. The van der Waals surface area contributed by atoms with Crippen LogP contribution in [0.5, 0.6) is 17.2 Å². The summed E-state index contributed by atoms with van der Waals surface area (Å²) < 4.78 is 16.7. The van der Waals surface area contributed by atoms with Gasteiger partial charge in [0.05, 0.1) is 13.7 Å². The lowest BCUT2D eigenvalue weighted by atomic mass is 10.0. The molecule has 0 aliphatic carbocycles. The maximum Gasteiger partial charge on any atom is 0.336 e. The molecule has 4 heteroatoms. The highest BCUT2D eigenvalue weighted by Crippen LogP contribution is 2.29. The molecule has 0 heterocycles. The molecule has 2 aromatic carbocycles. The zero-order valence-corrected chi connectivity index (χ0v) is 17.4. The van der Waals surface area contributed by atoms with Gasteiger partial charge in [-0.25, -0.2) is 4.79 Å². The first-order valence-corrected chi connectivity index (χ1v) is 9.70. The van der Waals surface area contributed by atoms with Gasteiger partial charge in [0.1, 0.15) is 5.75 Å². The van der Waals surface area contributed by atoms with Gasteiger partial charge in [-0.2, -0.15) is 0 Å². The fourth-order valence-electron chi connectivity index (χ4n) is 2.67. The third-order valence-corrected chi connectivity index (χ3v) is 4.30. The molecule has 0 bridgehead atoms. The van der Waals surface area contributed by atoms with Crippen molar-refractivity contribution in [2.75, 3.05) is 13.7 Å². The molecule has 0 saturated heterocycles. The van der Waals surface area contributed by atoms with Gasteiger partial charge in [-0.1, -0.05) is 52.0 Å². The summed E-state index contributed by atoms with van der Waals surface area (Å²) in [6.07, 6.45) is 4.11. The molecular formula is C24H30O4. The highest BCUT2D eigenvalue weighted by Gasteiger charge is 2.10. The van der Waals surface area contributed by atoms with Crippen molar-refractivity contribution in [1.82, 2.24) is 0 Å². The van der Waals surface area contributed by atoms with Gasteiger partial charge in [0.25, 0.3) is 0 Å². The molecule has 0 aliphatic rings. The molecule has 0 amide bonds. The molecule has 0 radical (unpaired) electrons. The summed E-state index contributed by atoms with van der Waals surface area (Å²) in [5.41, 5.74) is 1.84. The van der Waals surface area contributed by atoms with Crippen LogP contribution >= 0.6 is 0 Å². The Balaban J connectivity index is 2.04. The zero-order chi connectivity index (χ0) is 20.5. The first-order valence-electron chi connectivity index (χ1n) is 9.70. The Kier molecular flexibility index (Phi) is 8.12. The smallest absolute Gasteiger partial charge is 0.336 e. The predicted octanol–water partition coefficient (Wildman–Crippen LogP) is 5.86. The number of esters is 1. The van der Waals surface area contributed by atoms with Crippen molar-refractivity contribution in [3.63, 3.8) is 0 Å². The van der Waals surface area contributed by atoms with Crippen LogP contribution in [0.25, 0.3) is 6.08 Å². The van der Waals surface area contributed by atoms with Crippen LogP contribution in [0.1, 0.15) is 51.2 Å². The molecule has 150 valence electrons. The molecule has 2 rings (SSSR count). The van der Waals surface area contributed by atoms with Crippen LogP contribution in [0, 0.1) is 5.92 Å². The van der Waals surface area contributed by atoms with E-state index in [4.69, 9.17) is 14.2 Å². The molecule has 0 aliphatic heterocycles. The molecular weight excluding hydrogens is 352 g/mol. The summed E-state index contributed by atoms with van der Waals surface area (Å²) in [6, 6.07) is 13.2. The Morgan fingerprint density at radius 1 is 1.00 bits per heavy atom. The van der Waals surface area contributed by atoms with Crippen molar-refractivity contribution in [1.29, 1.82) is 0 Å². The Bertz CT molecular complexity index is 806. The van der Waals surface area contributed by atoms with E-state index in [0.29, 0.717) is 29.8 Å². The van der Waals surface area contributed by atoms with Crippen LogP contribution in [0.2, 0.25) is 0 Å². The van der Waals surface area contributed by atoms with Crippen LogP contribution in [-0.4, -0.2) is 19.7 Å². The fraction of sp³-hybridized carbons (Fsp3) is 0.375. The first kappa shape index (κ1) is 21.5. The summed E-state index contributed by atoms with van der Waals surface area (Å²) in [7, 11) is 1.61. The Labute approximate surface area is 168 Å². The standard InChI is InChI=1S/C24H30O4/c1-17(2)14-15-27-22-12-10-19(16-23(22)26-5)11-13-24(25)28-21-9-7-6-8-20(21)18(3)4/h6-13,16-18H,14-15H2,1-5H3/b13-11+. The minimum atomic E-state index is -0.413. The van der Waals surface area contributed by atoms with E-state index >= 15 is 0 Å². The Morgan fingerprint density at radius 2 is 1.75 bits per heavy atom. The lowest BCUT2D eigenvalue weighted by molar-refractivity contribution is -0.128. The SMILES string of the molecule is COc1cc(/C=C/C(=O)Oc2ccccc2C(C)C)ccc1OCCC(C)C. The van der Waals surface area contributed by atoms with Gasteiger partial charge in [0.2, 0.25) is 0 Å². The van der Waals surface area contributed by atoms with E-state index in [-0.39, 0.29) is 5.92 Å². The van der Waals surface area contributed by atoms with Crippen molar-refractivity contribution in [3.05, 3.63) is 59.7 Å². The number of benzene rings is 2. The third kappa shape index (κ3) is 6.45. The molecule has 0 fully saturated rings. The van der Waals surface area contributed by atoms with E-state index in [9.17, 15) is 4.79 Å². The van der Waals surface area contributed by atoms with Gasteiger partial charge < -0.3 is 14.2 Å². The van der Waals surface area contributed by atoms with Crippen molar-refractivity contribution in [3.8, 4) is 17.2 Å². The van der Waals surface area contributed by atoms with Crippen LogP contribution in [0.3, 0.4) is 0 Å². The maximum absolute atomic E-state index is 12.2. The number of hydrogen-bond donors (Lipinski definition) is 0. The lowest BCUT2D eigenvalue weighted by Gasteiger charge is -2.12. The average molecular weight is 383 g/mol. The van der Waals surface area contributed by atoms with Gasteiger partial charge in [0.15, 0.2) is 11.5 Å². The zero-order valence-electron chi connectivity index (χ0n) is 17.4. The topological polar surface area (TPSA) is 44.8 Å². The molecule has 0 atom stereocenters. The number of hydrogen-bond acceptors (Lipinski definition) is 4. The maximum atomic E-state index is 12.2. The van der Waals surface area contributed by atoms with Crippen LogP contribution in [0.4, 0.5) is 0 Å². The number of rotatable bonds is 9. The molecule has 28 heavy (non-hydrogen) atoms. The molecule has 0 saturated carbocycles. The fourth-order valence-corrected chi connectivity index (χ4v) is 2.67. The summed E-state index contributed by atoms with van der Waals surface area (Å²) in [5, 5.41) is 0. The molecule has 0 N–H and O–H groups in total. The summed E-state index contributed by atoms with van der Waals surface area (Å²) in [5.74, 6) is 2.39. The molecule has 4 nitrogen and oxygen atoms in total. The van der Waals surface area contributed by atoms with Gasteiger partial charge in [0, 0.05) is 6.08 Å².